The molecule has 180 valence electrons. The van der Waals surface area contributed by atoms with Crippen molar-refractivity contribution >= 4 is 34.4 Å². The number of thioether (sulfide) groups is 1. The van der Waals surface area contributed by atoms with Gasteiger partial charge in [0.25, 0.3) is 5.56 Å². The number of hydrogen-bond acceptors (Lipinski definition) is 7. The number of ether oxygens (including phenoxy) is 1. The van der Waals surface area contributed by atoms with Crippen LogP contribution in [0.2, 0.25) is 0 Å². The van der Waals surface area contributed by atoms with Gasteiger partial charge in [-0.2, -0.15) is 5.10 Å². The van der Waals surface area contributed by atoms with Crippen LogP contribution in [-0.4, -0.2) is 69.2 Å². The number of amides is 1. The zero-order valence-electron chi connectivity index (χ0n) is 20.0. The number of carbonyl (C=O) groups excluding carboxylic acids is 1. The zero-order chi connectivity index (χ0) is 24.0. The average Bonchev–Trinajstić information content (AvgIpc) is 3.44. The van der Waals surface area contributed by atoms with Crippen molar-refractivity contribution in [3.8, 4) is 5.75 Å². The van der Waals surface area contributed by atoms with Crippen molar-refractivity contribution in [3.63, 3.8) is 0 Å². The summed E-state index contributed by atoms with van der Waals surface area (Å²) in [6.45, 7) is 9.01. The molecule has 0 bridgehead atoms. The van der Waals surface area contributed by atoms with Crippen molar-refractivity contribution in [1.82, 2.24) is 24.2 Å². The summed E-state index contributed by atoms with van der Waals surface area (Å²) in [7, 11) is 1.66. The van der Waals surface area contributed by atoms with Gasteiger partial charge in [-0.15, -0.1) is 0 Å². The van der Waals surface area contributed by atoms with E-state index in [1.807, 2.05) is 49.9 Å². The largest absolute Gasteiger partial charge is 0.497 e. The molecule has 1 unspecified atom stereocenters. The fourth-order valence-corrected chi connectivity index (χ4v) is 5.74. The number of methoxy groups -OCH3 is 1. The van der Waals surface area contributed by atoms with E-state index in [1.165, 1.54) is 11.8 Å². The van der Waals surface area contributed by atoms with Crippen LogP contribution in [0.25, 0.3) is 11.0 Å². The van der Waals surface area contributed by atoms with Crippen LogP contribution in [-0.2, 0) is 10.3 Å². The molecule has 1 fully saturated rings. The second-order valence-electron chi connectivity index (χ2n) is 9.77. The Labute approximate surface area is 202 Å². The third-order valence-electron chi connectivity index (χ3n) is 6.49. The van der Waals surface area contributed by atoms with Crippen molar-refractivity contribution in [1.29, 1.82) is 0 Å². The fourth-order valence-electron chi connectivity index (χ4n) is 4.61. The van der Waals surface area contributed by atoms with Crippen molar-refractivity contribution in [2.24, 2.45) is 0 Å². The maximum atomic E-state index is 13.3. The highest BCUT2D eigenvalue weighted by Gasteiger charge is 2.32. The van der Waals surface area contributed by atoms with E-state index in [-0.39, 0.29) is 23.0 Å². The van der Waals surface area contributed by atoms with Gasteiger partial charge in [0.1, 0.15) is 11.1 Å². The van der Waals surface area contributed by atoms with Crippen LogP contribution in [0, 0.1) is 0 Å². The smallest absolute Gasteiger partial charge is 0.265 e. The molecule has 1 amide bonds. The van der Waals surface area contributed by atoms with E-state index in [0.717, 1.165) is 24.5 Å². The lowest BCUT2D eigenvalue weighted by Gasteiger charge is -2.36. The number of aromatic nitrogens is 4. The van der Waals surface area contributed by atoms with Crippen LogP contribution in [0.5, 0.6) is 5.75 Å². The molecular weight excluding hydrogens is 452 g/mol. The molecule has 0 radical (unpaired) electrons. The number of fused-ring (bicyclic) bond motifs is 2. The Bertz CT molecular complexity index is 1270. The van der Waals surface area contributed by atoms with Gasteiger partial charge in [-0.25, -0.2) is 9.67 Å². The Balaban J connectivity index is 1.27. The van der Waals surface area contributed by atoms with E-state index in [9.17, 15) is 9.59 Å². The molecular formula is C24H30N6O3S. The van der Waals surface area contributed by atoms with Crippen molar-refractivity contribution in [2.75, 3.05) is 43.9 Å². The van der Waals surface area contributed by atoms with Crippen LogP contribution < -0.4 is 15.2 Å². The van der Waals surface area contributed by atoms with E-state index in [1.54, 1.807) is 22.6 Å². The molecule has 0 aliphatic carbocycles. The summed E-state index contributed by atoms with van der Waals surface area (Å²) in [6, 6.07) is 7.82. The molecule has 34 heavy (non-hydrogen) atoms. The summed E-state index contributed by atoms with van der Waals surface area (Å²) in [5.74, 6) is 1.60. The molecule has 0 spiro atoms. The topological polar surface area (TPSA) is 85.5 Å². The monoisotopic (exact) mass is 482 g/mol. The third kappa shape index (κ3) is 4.04. The van der Waals surface area contributed by atoms with Crippen molar-refractivity contribution in [3.05, 3.63) is 40.8 Å². The van der Waals surface area contributed by atoms with E-state index >= 15 is 0 Å². The standard InChI is InChI=1S/C24H30N6O3S/c1-24(2,3)30-21-19(14-25-30)22(32)29-17(15-34-23(29)26-21)13-20(31)28-11-9-27(10-12-28)16-5-7-18(33-4)8-6-16/h5-8,14,17H,9-13,15H2,1-4H3. The summed E-state index contributed by atoms with van der Waals surface area (Å²) in [5, 5.41) is 5.59. The molecule has 3 aromatic rings. The third-order valence-corrected chi connectivity index (χ3v) is 7.58. The van der Waals surface area contributed by atoms with Crippen LogP contribution in [0.4, 0.5) is 5.69 Å². The summed E-state index contributed by atoms with van der Waals surface area (Å²) < 4.78 is 8.73. The van der Waals surface area contributed by atoms with Crippen molar-refractivity contribution < 1.29 is 9.53 Å². The molecule has 10 heteroatoms. The number of rotatable bonds is 4. The summed E-state index contributed by atoms with van der Waals surface area (Å²) in [6.07, 6.45) is 1.91. The first-order valence-electron chi connectivity index (χ1n) is 11.6. The number of piperazine rings is 1. The highest BCUT2D eigenvalue weighted by atomic mass is 32.2. The summed E-state index contributed by atoms with van der Waals surface area (Å²) >= 11 is 1.54. The summed E-state index contributed by atoms with van der Waals surface area (Å²) in [5.41, 5.74) is 1.36. The SMILES string of the molecule is COc1ccc(N2CCN(C(=O)CC3CSc4nc5c(cnn5C(C)(C)C)c(=O)n43)CC2)cc1. The second-order valence-corrected chi connectivity index (χ2v) is 10.8. The van der Waals surface area contributed by atoms with E-state index in [2.05, 4.69) is 10.00 Å². The Morgan fingerprint density at radius 2 is 1.85 bits per heavy atom. The highest BCUT2D eigenvalue weighted by molar-refractivity contribution is 7.99. The molecule has 1 saturated heterocycles. The van der Waals surface area contributed by atoms with Gasteiger partial charge in [0.2, 0.25) is 5.91 Å². The Kier molecular flexibility index (Phi) is 5.79. The van der Waals surface area contributed by atoms with Crippen LogP contribution in [0.3, 0.4) is 0 Å². The average molecular weight is 483 g/mol. The number of hydrogen-bond donors (Lipinski definition) is 0. The lowest BCUT2D eigenvalue weighted by Crippen LogP contribution is -2.49. The lowest BCUT2D eigenvalue weighted by molar-refractivity contribution is -0.132. The van der Waals surface area contributed by atoms with Crippen LogP contribution in [0.1, 0.15) is 33.2 Å². The molecule has 9 nitrogen and oxygen atoms in total. The molecule has 4 heterocycles. The van der Waals surface area contributed by atoms with Gasteiger partial charge in [0, 0.05) is 44.0 Å². The normalized spacial score (nSPS) is 18.4. The van der Waals surface area contributed by atoms with E-state index < -0.39 is 0 Å². The second kappa shape index (κ2) is 8.65. The van der Waals surface area contributed by atoms with Gasteiger partial charge in [-0.05, 0) is 45.0 Å². The highest BCUT2D eigenvalue weighted by Crippen LogP contribution is 2.34. The summed E-state index contributed by atoms with van der Waals surface area (Å²) in [4.78, 5) is 35.4. The Morgan fingerprint density at radius 1 is 1.15 bits per heavy atom. The van der Waals surface area contributed by atoms with Gasteiger partial charge in [0.15, 0.2) is 10.8 Å². The molecule has 0 N–H and O–H groups in total. The zero-order valence-corrected chi connectivity index (χ0v) is 20.8. The van der Waals surface area contributed by atoms with Gasteiger partial charge in [-0.3, -0.25) is 14.2 Å². The minimum absolute atomic E-state index is 0.0882. The minimum atomic E-state index is -0.271. The predicted octanol–water partition coefficient (Wildman–Crippen LogP) is 2.74. The Hall–Kier alpha value is -3.01. The number of carbonyl (C=O) groups is 1. The molecule has 2 aliphatic heterocycles. The number of nitrogens with zero attached hydrogens (tertiary/aromatic N) is 6. The van der Waals surface area contributed by atoms with E-state index in [4.69, 9.17) is 9.72 Å². The molecule has 2 aliphatic rings. The van der Waals surface area contributed by atoms with Gasteiger partial charge in [0.05, 0.1) is 24.9 Å². The van der Waals surface area contributed by atoms with Crippen molar-refractivity contribution in [2.45, 2.75) is 43.9 Å². The number of anilines is 1. The predicted molar refractivity (Wildman–Crippen MR) is 133 cm³/mol. The van der Waals surface area contributed by atoms with E-state index in [0.29, 0.717) is 41.5 Å². The molecule has 2 aromatic heterocycles. The minimum Gasteiger partial charge on any atom is -0.497 e. The molecule has 5 rings (SSSR count). The van der Waals surface area contributed by atoms with Crippen LogP contribution >= 0.6 is 11.8 Å². The van der Waals surface area contributed by atoms with Crippen LogP contribution in [0.15, 0.2) is 40.4 Å². The maximum absolute atomic E-state index is 13.3. The first-order chi connectivity index (χ1) is 16.3. The lowest BCUT2D eigenvalue weighted by atomic mass is 10.1. The number of benzene rings is 1. The molecule has 1 aromatic carbocycles. The fraction of sp³-hybridized carbons (Fsp3) is 0.500. The van der Waals surface area contributed by atoms with Gasteiger partial charge in [-0.1, -0.05) is 11.8 Å². The quantitative estimate of drug-likeness (QED) is 0.529. The first-order valence-corrected chi connectivity index (χ1v) is 12.5. The molecule has 0 saturated carbocycles. The Morgan fingerprint density at radius 3 is 2.50 bits per heavy atom. The molecule has 1 atom stereocenters. The maximum Gasteiger partial charge on any atom is 0.265 e. The first kappa shape index (κ1) is 22.8. The van der Waals surface area contributed by atoms with Gasteiger partial charge >= 0.3 is 0 Å². The van der Waals surface area contributed by atoms with Gasteiger partial charge < -0.3 is 14.5 Å².